The molecule has 0 radical (unpaired) electrons. The van der Waals surface area contributed by atoms with Gasteiger partial charge in [-0.3, -0.25) is 0 Å². The van der Waals surface area contributed by atoms with E-state index in [4.69, 9.17) is 9.47 Å². The highest BCUT2D eigenvalue weighted by Gasteiger charge is 2.59. The van der Waals surface area contributed by atoms with Crippen molar-refractivity contribution >= 4 is 0 Å². The number of hydrogen-bond donors (Lipinski definition) is 0. The van der Waals surface area contributed by atoms with E-state index in [0.717, 1.165) is 6.42 Å². The van der Waals surface area contributed by atoms with Crippen LogP contribution >= 0.6 is 0 Å². The molecular weight excluding hydrogens is 204 g/mol. The lowest BCUT2D eigenvalue weighted by molar-refractivity contribution is -0.153. The zero-order chi connectivity index (χ0) is 10.9. The Hall–Kier alpha value is -1.00. The number of rotatable bonds is 0. The first-order valence-electron chi connectivity index (χ1n) is 5.81. The Balaban J connectivity index is 1.81. The van der Waals surface area contributed by atoms with E-state index in [1.54, 1.807) is 6.33 Å². The number of nitrogens with zero attached hydrogens (tertiary/aromatic N) is 2. The standard InChI is InChI=1S/C12H14N2O2/c1-12(2)15-10-6-3-7(11(10)16-12)9-8(6)4-13-5-14-9/h4-7,10-11H,3H2,1-2H3/t6-,7+,10-,11+/m1/s1. The third kappa shape index (κ3) is 0.967. The van der Waals surface area contributed by atoms with Crippen molar-refractivity contribution in [2.75, 3.05) is 0 Å². The molecule has 0 aromatic carbocycles. The van der Waals surface area contributed by atoms with Crippen LogP contribution in [-0.4, -0.2) is 28.0 Å². The van der Waals surface area contributed by atoms with E-state index >= 15 is 0 Å². The summed E-state index contributed by atoms with van der Waals surface area (Å²) in [7, 11) is 0. The molecule has 4 rings (SSSR count). The Morgan fingerprint density at radius 3 is 2.81 bits per heavy atom. The molecule has 1 aliphatic heterocycles. The summed E-state index contributed by atoms with van der Waals surface area (Å²) in [6.45, 7) is 3.97. The van der Waals surface area contributed by atoms with Gasteiger partial charge in [0.2, 0.25) is 0 Å². The van der Waals surface area contributed by atoms with Gasteiger partial charge in [-0.2, -0.15) is 0 Å². The van der Waals surface area contributed by atoms with Crippen molar-refractivity contribution in [1.82, 2.24) is 9.97 Å². The minimum Gasteiger partial charge on any atom is -0.344 e. The van der Waals surface area contributed by atoms with Crippen LogP contribution in [0.3, 0.4) is 0 Å². The maximum atomic E-state index is 5.99. The quantitative estimate of drug-likeness (QED) is 0.663. The normalized spacial score (nSPS) is 42.1. The van der Waals surface area contributed by atoms with Crippen molar-refractivity contribution in [2.45, 2.75) is 50.1 Å². The van der Waals surface area contributed by atoms with Gasteiger partial charge in [0.25, 0.3) is 0 Å². The second kappa shape index (κ2) is 2.63. The molecule has 2 heterocycles. The van der Waals surface area contributed by atoms with Crippen molar-refractivity contribution in [3.05, 3.63) is 23.8 Å². The fourth-order valence-corrected chi connectivity index (χ4v) is 3.50. The van der Waals surface area contributed by atoms with E-state index in [1.165, 1.54) is 11.3 Å². The van der Waals surface area contributed by atoms with Crippen LogP contribution in [0.4, 0.5) is 0 Å². The molecule has 0 spiro atoms. The Bertz CT molecular complexity index is 421. The average molecular weight is 218 g/mol. The van der Waals surface area contributed by atoms with Gasteiger partial charge in [-0.25, -0.2) is 9.97 Å². The highest BCUT2D eigenvalue weighted by Crippen LogP contribution is 2.58. The van der Waals surface area contributed by atoms with Crippen molar-refractivity contribution < 1.29 is 9.47 Å². The Morgan fingerprint density at radius 1 is 1.25 bits per heavy atom. The second-order valence-electron chi connectivity index (χ2n) is 5.38. The first kappa shape index (κ1) is 9.07. The first-order chi connectivity index (χ1) is 7.66. The first-order valence-corrected chi connectivity index (χ1v) is 5.81. The van der Waals surface area contributed by atoms with Crippen LogP contribution in [-0.2, 0) is 9.47 Å². The zero-order valence-electron chi connectivity index (χ0n) is 9.38. The number of fused-ring (bicyclic) bond motifs is 8. The molecule has 1 saturated heterocycles. The van der Waals surface area contributed by atoms with E-state index in [2.05, 4.69) is 9.97 Å². The lowest BCUT2D eigenvalue weighted by atomic mass is 9.92. The van der Waals surface area contributed by atoms with Gasteiger partial charge in [0.1, 0.15) is 6.33 Å². The van der Waals surface area contributed by atoms with Gasteiger partial charge < -0.3 is 9.47 Å². The van der Waals surface area contributed by atoms with Crippen LogP contribution in [0.2, 0.25) is 0 Å². The van der Waals surface area contributed by atoms with Gasteiger partial charge in [0.05, 0.1) is 17.9 Å². The Morgan fingerprint density at radius 2 is 2.00 bits per heavy atom. The lowest BCUT2D eigenvalue weighted by Crippen LogP contribution is -2.29. The predicted octanol–water partition coefficient (Wildman–Crippen LogP) is 1.58. The van der Waals surface area contributed by atoms with Crippen molar-refractivity contribution in [3.63, 3.8) is 0 Å². The fourth-order valence-electron chi connectivity index (χ4n) is 3.50. The molecule has 4 nitrogen and oxygen atoms in total. The molecule has 2 bridgehead atoms. The minimum absolute atomic E-state index is 0.197. The maximum absolute atomic E-state index is 5.99. The molecule has 16 heavy (non-hydrogen) atoms. The summed E-state index contributed by atoms with van der Waals surface area (Å²) in [5.74, 6) is 0.407. The van der Waals surface area contributed by atoms with E-state index in [9.17, 15) is 0 Å². The highest BCUT2D eigenvalue weighted by atomic mass is 16.8. The van der Waals surface area contributed by atoms with Gasteiger partial charge in [-0.1, -0.05) is 0 Å². The van der Waals surface area contributed by atoms with Crippen molar-refractivity contribution in [3.8, 4) is 0 Å². The molecule has 2 fully saturated rings. The summed E-state index contributed by atoms with van der Waals surface area (Å²) in [5, 5.41) is 0. The van der Waals surface area contributed by atoms with Crippen LogP contribution < -0.4 is 0 Å². The molecule has 0 amide bonds. The Labute approximate surface area is 94.0 Å². The van der Waals surface area contributed by atoms with E-state index in [0.29, 0.717) is 11.8 Å². The maximum Gasteiger partial charge on any atom is 0.163 e. The van der Waals surface area contributed by atoms with Crippen molar-refractivity contribution in [2.24, 2.45) is 0 Å². The van der Waals surface area contributed by atoms with E-state index in [-0.39, 0.29) is 12.2 Å². The third-order valence-corrected chi connectivity index (χ3v) is 3.99. The van der Waals surface area contributed by atoms with Crippen LogP contribution in [0.5, 0.6) is 0 Å². The van der Waals surface area contributed by atoms with Crippen LogP contribution in [0.15, 0.2) is 12.5 Å². The number of hydrogen-bond acceptors (Lipinski definition) is 4. The monoisotopic (exact) mass is 218 g/mol. The van der Waals surface area contributed by atoms with Gasteiger partial charge in [0.15, 0.2) is 5.79 Å². The molecule has 3 aliphatic rings. The number of aromatic nitrogens is 2. The molecule has 1 aromatic rings. The SMILES string of the molecule is CC1(C)O[C@@H]2[C@H](O1)[C@@H]1C[C@H]2c2ncncc21. The fraction of sp³-hybridized carbons (Fsp3) is 0.667. The summed E-state index contributed by atoms with van der Waals surface area (Å²) in [6, 6.07) is 0. The van der Waals surface area contributed by atoms with Crippen LogP contribution in [0.1, 0.15) is 43.4 Å². The summed E-state index contributed by atoms with van der Waals surface area (Å²) in [5.41, 5.74) is 2.46. The highest BCUT2D eigenvalue weighted by molar-refractivity contribution is 5.39. The van der Waals surface area contributed by atoms with Gasteiger partial charge in [0, 0.05) is 18.0 Å². The third-order valence-electron chi connectivity index (χ3n) is 3.99. The summed E-state index contributed by atoms with van der Waals surface area (Å²) in [4.78, 5) is 8.52. The summed E-state index contributed by atoms with van der Waals surface area (Å²) in [6.07, 6.45) is 5.09. The molecule has 4 heteroatoms. The molecule has 0 N–H and O–H groups in total. The summed E-state index contributed by atoms with van der Waals surface area (Å²) >= 11 is 0. The molecule has 2 aliphatic carbocycles. The lowest BCUT2D eigenvalue weighted by Gasteiger charge is -2.22. The smallest absolute Gasteiger partial charge is 0.163 e. The van der Waals surface area contributed by atoms with E-state index in [1.807, 2.05) is 20.0 Å². The average Bonchev–Trinajstić information content (AvgIpc) is 2.84. The molecule has 1 aromatic heterocycles. The topological polar surface area (TPSA) is 44.2 Å². The van der Waals surface area contributed by atoms with Crippen LogP contribution in [0, 0.1) is 0 Å². The van der Waals surface area contributed by atoms with Gasteiger partial charge in [-0.15, -0.1) is 0 Å². The van der Waals surface area contributed by atoms with Crippen LogP contribution in [0.25, 0.3) is 0 Å². The molecule has 1 saturated carbocycles. The molecule has 4 atom stereocenters. The molecule has 0 unspecified atom stereocenters. The molecular formula is C12H14N2O2. The predicted molar refractivity (Wildman–Crippen MR) is 56.0 cm³/mol. The minimum atomic E-state index is -0.443. The second-order valence-corrected chi connectivity index (χ2v) is 5.38. The van der Waals surface area contributed by atoms with E-state index < -0.39 is 5.79 Å². The van der Waals surface area contributed by atoms with Crippen molar-refractivity contribution in [1.29, 1.82) is 0 Å². The Kier molecular flexibility index (Phi) is 1.49. The molecule has 84 valence electrons. The van der Waals surface area contributed by atoms with Gasteiger partial charge >= 0.3 is 0 Å². The summed E-state index contributed by atoms with van der Waals surface area (Å²) < 4.78 is 12.0. The zero-order valence-corrected chi connectivity index (χ0v) is 9.38. The largest absolute Gasteiger partial charge is 0.344 e. The van der Waals surface area contributed by atoms with Gasteiger partial charge in [-0.05, 0) is 25.8 Å². The number of ether oxygens (including phenoxy) is 2.